The van der Waals surface area contributed by atoms with Crippen molar-refractivity contribution in [3.63, 3.8) is 0 Å². The number of methoxy groups -OCH3 is 1. The average molecular weight is 283 g/mol. The standard InChI is InChI=1S/C14H21NO3S/c1-17-9-10-18-8-7-15-14(16)13(19)11-12-5-3-2-4-6-12/h2-6,13,19H,7-11H2,1H3,(H,15,16). The lowest BCUT2D eigenvalue weighted by Crippen LogP contribution is -2.35. The van der Waals surface area contributed by atoms with Gasteiger partial charge < -0.3 is 14.8 Å². The van der Waals surface area contributed by atoms with Gasteiger partial charge in [-0.25, -0.2) is 0 Å². The van der Waals surface area contributed by atoms with Gasteiger partial charge in [-0.05, 0) is 12.0 Å². The van der Waals surface area contributed by atoms with Gasteiger partial charge in [-0.3, -0.25) is 4.79 Å². The van der Waals surface area contributed by atoms with Gasteiger partial charge in [0.25, 0.3) is 0 Å². The van der Waals surface area contributed by atoms with Crippen LogP contribution in [0.2, 0.25) is 0 Å². The fourth-order valence-corrected chi connectivity index (χ4v) is 1.84. The molecule has 0 aliphatic rings. The zero-order valence-corrected chi connectivity index (χ0v) is 12.1. The van der Waals surface area contributed by atoms with E-state index in [2.05, 4.69) is 17.9 Å². The van der Waals surface area contributed by atoms with Gasteiger partial charge >= 0.3 is 0 Å². The largest absolute Gasteiger partial charge is 0.382 e. The molecule has 1 unspecified atom stereocenters. The van der Waals surface area contributed by atoms with Crippen molar-refractivity contribution in [1.82, 2.24) is 5.32 Å². The van der Waals surface area contributed by atoms with Crippen LogP contribution >= 0.6 is 12.6 Å². The van der Waals surface area contributed by atoms with Crippen LogP contribution in [0.5, 0.6) is 0 Å². The minimum absolute atomic E-state index is 0.0671. The van der Waals surface area contributed by atoms with Crippen LogP contribution in [-0.2, 0) is 20.7 Å². The highest BCUT2D eigenvalue weighted by atomic mass is 32.1. The summed E-state index contributed by atoms with van der Waals surface area (Å²) in [7, 11) is 1.63. The summed E-state index contributed by atoms with van der Waals surface area (Å²) in [5.74, 6) is -0.0671. The van der Waals surface area contributed by atoms with Gasteiger partial charge in [0.15, 0.2) is 0 Å². The number of carbonyl (C=O) groups excluding carboxylic acids is 1. The molecule has 0 spiro atoms. The summed E-state index contributed by atoms with van der Waals surface area (Å²) in [6.45, 7) is 2.09. The molecule has 0 bridgehead atoms. The first-order valence-electron chi connectivity index (χ1n) is 6.30. The third kappa shape index (κ3) is 7.20. The maximum absolute atomic E-state index is 11.8. The van der Waals surface area contributed by atoms with Gasteiger partial charge in [0.05, 0.1) is 25.1 Å². The molecule has 1 aromatic rings. The molecule has 1 N–H and O–H groups in total. The Morgan fingerprint density at radius 3 is 2.68 bits per heavy atom. The normalized spacial score (nSPS) is 12.1. The molecule has 0 radical (unpaired) electrons. The summed E-state index contributed by atoms with van der Waals surface area (Å²) in [4.78, 5) is 11.8. The number of thiol groups is 1. The Bertz CT molecular complexity index is 359. The van der Waals surface area contributed by atoms with Gasteiger partial charge in [0.1, 0.15) is 0 Å². The topological polar surface area (TPSA) is 47.6 Å². The molecule has 0 saturated carbocycles. The number of hydrogen-bond donors (Lipinski definition) is 2. The quantitative estimate of drug-likeness (QED) is 0.530. The van der Waals surface area contributed by atoms with E-state index < -0.39 is 0 Å². The Kier molecular flexibility index (Phi) is 8.29. The molecule has 5 heteroatoms. The summed E-state index contributed by atoms with van der Waals surface area (Å²) >= 11 is 4.32. The highest BCUT2D eigenvalue weighted by Crippen LogP contribution is 2.07. The van der Waals surface area contributed by atoms with E-state index in [0.717, 1.165) is 5.56 Å². The van der Waals surface area contributed by atoms with E-state index in [9.17, 15) is 4.79 Å². The number of ether oxygens (including phenoxy) is 2. The molecular formula is C14H21NO3S. The Hall–Kier alpha value is -1.04. The molecule has 0 saturated heterocycles. The van der Waals surface area contributed by atoms with Crippen molar-refractivity contribution < 1.29 is 14.3 Å². The molecule has 0 heterocycles. The van der Waals surface area contributed by atoms with Crippen molar-refractivity contribution in [3.05, 3.63) is 35.9 Å². The molecule has 19 heavy (non-hydrogen) atoms. The van der Waals surface area contributed by atoms with Crippen molar-refractivity contribution in [2.24, 2.45) is 0 Å². The molecule has 1 amide bonds. The lowest BCUT2D eigenvalue weighted by atomic mass is 10.1. The molecule has 4 nitrogen and oxygen atoms in total. The first-order chi connectivity index (χ1) is 9.24. The van der Waals surface area contributed by atoms with Crippen molar-refractivity contribution >= 4 is 18.5 Å². The molecule has 1 aromatic carbocycles. The molecule has 1 rings (SSSR count). The highest BCUT2D eigenvalue weighted by Gasteiger charge is 2.13. The Morgan fingerprint density at radius 1 is 1.26 bits per heavy atom. The van der Waals surface area contributed by atoms with Crippen molar-refractivity contribution in [2.45, 2.75) is 11.7 Å². The van der Waals surface area contributed by atoms with Gasteiger partial charge in [0, 0.05) is 13.7 Å². The third-order valence-electron chi connectivity index (χ3n) is 2.55. The second-order valence-corrected chi connectivity index (χ2v) is 4.73. The molecule has 0 aromatic heterocycles. The van der Waals surface area contributed by atoms with Crippen molar-refractivity contribution in [1.29, 1.82) is 0 Å². The van der Waals surface area contributed by atoms with E-state index in [1.54, 1.807) is 7.11 Å². The monoisotopic (exact) mass is 283 g/mol. The Labute approximate surface area is 119 Å². The maximum Gasteiger partial charge on any atom is 0.233 e. The summed E-state index contributed by atoms with van der Waals surface area (Å²) in [6, 6.07) is 9.85. The minimum Gasteiger partial charge on any atom is -0.382 e. The number of benzene rings is 1. The van der Waals surface area contributed by atoms with Crippen molar-refractivity contribution in [2.75, 3.05) is 33.5 Å². The van der Waals surface area contributed by atoms with Crippen molar-refractivity contribution in [3.8, 4) is 0 Å². The predicted molar refractivity (Wildman–Crippen MR) is 78.6 cm³/mol. The molecular weight excluding hydrogens is 262 g/mol. The SMILES string of the molecule is COCCOCCNC(=O)C(S)Cc1ccccc1. The van der Waals surface area contributed by atoms with E-state index >= 15 is 0 Å². The zero-order valence-electron chi connectivity index (χ0n) is 11.2. The van der Waals surface area contributed by atoms with Crippen LogP contribution in [0.15, 0.2) is 30.3 Å². The average Bonchev–Trinajstić information content (AvgIpc) is 2.43. The molecule has 1 atom stereocenters. The minimum atomic E-state index is -0.332. The first kappa shape index (κ1) is 16.0. The summed E-state index contributed by atoms with van der Waals surface area (Å²) in [5.41, 5.74) is 1.11. The first-order valence-corrected chi connectivity index (χ1v) is 6.82. The fraction of sp³-hybridized carbons (Fsp3) is 0.500. The van der Waals surface area contributed by atoms with Crippen LogP contribution in [0.4, 0.5) is 0 Å². The third-order valence-corrected chi connectivity index (χ3v) is 2.97. The van der Waals surface area contributed by atoms with E-state index in [1.807, 2.05) is 30.3 Å². The second kappa shape index (κ2) is 9.83. The molecule has 0 aliphatic carbocycles. The smallest absolute Gasteiger partial charge is 0.233 e. The Balaban J connectivity index is 2.15. The van der Waals surface area contributed by atoms with E-state index in [4.69, 9.17) is 9.47 Å². The van der Waals surface area contributed by atoms with Gasteiger partial charge in [-0.1, -0.05) is 30.3 Å². The molecule has 0 fully saturated rings. The summed E-state index contributed by atoms with van der Waals surface area (Å²) < 4.78 is 10.1. The zero-order chi connectivity index (χ0) is 13.9. The predicted octanol–water partition coefficient (Wildman–Crippen LogP) is 1.31. The van der Waals surface area contributed by atoms with E-state index in [1.165, 1.54) is 0 Å². The maximum atomic E-state index is 11.8. The number of nitrogens with one attached hydrogen (secondary N) is 1. The number of rotatable bonds is 9. The lowest BCUT2D eigenvalue weighted by Gasteiger charge is -2.11. The van der Waals surface area contributed by atoms with Gasteiger partial charge in [0.2, 0.25) is 5.91 Å². The van der Waals surface area contributed by atoms with E-state index in [0.29, 0.717) is 32.8 Å². The highest BCUT2D eigenvalue weighted by molar-refractivity contribution is 7.81. The number of amides is 1. The summed E-state index contributed by atoms with van der Waals surface area (Å²) in [5, 5.41) is 2.47. The second-order valence-electron chi connectivity index (χ2n) is 4.10. The number of carbonyl (C=O) groups is 1. The molecule has 0 aliphatic heterocycles. The van der Waals surface area contributed by atoms with Crippen LogP contribution in [-0.4, -0.2) is 44.6 Å². The number of hydrogen-bond acceptors (Lipinski definition) is 4. The fourth-order valence-electron chi connectivity index (χ4n) is 1.54. The van der Waals surface area contributed by atoms with Crippen LogP contribution in [0, 0.1) is 0 Å². The summed E-state index contributed by atoms with van der Waals surface area (Å²) in [6.07, 6.45) is 0.625. The lowest BCUT2D eigenvalue weighted by molar-refractivity contribution is -0.120. The van der Waals surface area contributed by atoms with Gasteiger partial charge in [-0.2, -0.15) is 12.6 Å². The van der Waals surface area contributed by atoms with Gasteiger partial charge in [-0.15, -0.1) is 0 Å². The Morgan fingerprint density at radius 2 is 2.00 bits per heavy atom. The van der Waals surface area contributed by atoms with Crippen LogP contribution in [0.1, 0.15) is 5.56 Å². The van der Waals surface area contributed by atoms with Crippen LogP contribution in [0.3, 0.4) is 0 Å². The van der Waals surface area contributed by atoms with E-state index in [-0.39, 0.29) is 11.2 Å². The molecule has 106 valence electrons. The van der Waals surface area contributed by atoms with Crippen LogP contribution < -0.4 is 5.32 Å². The van der Waals surface area contributed by atoms with Crippen LogP contribution in [0.25, 0.3) is 0 Å².